The summed E-state index contributed by atoms with van der Waals surface area (Å²) >= 11 is 0. The molecule has 0 aromatic carbocycles. The summed E-state index contributed by atoms with van der Waals surface area (Å²) in [5.74, 6) is -0.0458. The quantitative estimate of drug-likeness (QED) is 0.731. The van der Waals surface area contributed by atoms with E-state index in [1.807, 2.05) is 0 Å². The molecule has 92 valence electrons. The van der Waals surface area contributed by atoms with Crippen molar-refractivity contribution in [3.63, 3.8) is 0 Å². The molecule has 0 spiro atoms. The molecule has 2 rings (SSSR count). The number of nitrogens with one attached hydrogen (secondary N) is 1. The molecule has 0 saturated carbocycles. The van der Waals surface area contributed by atoms with Crippen LogP contribution in [0.15, 0.2) is 0 Å². The van der Waals surface area contributed by atoms with Crippen LogP contribution < -0.4 is 5.32 Å². The van der Waals surface area contributed by atoms with E-state index in [0.717, 1.165) is 45.4 Å². The molecule has 0 aliphatic carbocycles. The van der Waals surface area contributed by atoms with E-state index in [9.17, 15) is 4.79 Å². The third kappa shape index (κ3) is 2.38. The lowest BCUT2D eigenvalue weighted by Gasteiger charge is -2.24. The summed E-state index contributed by atoms with van der Waals surface area (Å²) in [7, 11) is 0. The van der Waals surface area contributed by atoms with E-state index in [1.165, 1.54) is 0 Å². The van der Waals surface area contributed by atoms with E-state index < -0.39 is 0 Å². The van der Waals surface area contributed by atoms with Gasteiger partial charge in [0, 0.05) is 13.2 Å². The smallest absolute Gasteiger partial charge is 0.313 e. The van der Waals surface area contributed by atoms with Crippen LogP contribution in [0.5, 0.6) is 0 Å². The van der Waals surface area contributed by atoms with Crippen molar-refractivity contribution in [2.75, 3.05) is 26.3 Å². The molecule has 4 heteroatoms. The van der Waals surface area contributed by atoms with Gasteiger partial charge in [0.2, 0.25) is 0 Å². The maximum absolute atomic E-state index is 12.0. The molecule has 16 heavy (non-hydrogen) atoms. The van der Waals surface area contributed by atoms with Gasteiger partial charge in [-0.2, -0.15) is 0 Å². The molecule has 2 atom stereocenters. The molecule has 2 aliphatic rings. The SMILES string of the molecule is CCC1(C(=O)OCC2CCCO2)CCNC1. The van der Waals surface area contributed by atoms with Gasteiger partial charge in [-0.15, -0.1) is 0 Å². The Kier molecular flexibility index (Phi) is 3.82. The van der Waals surface area contributed by atoms with Crippen LogP contribution in [0, 0.1) is 5.41 Å². The minimum atomic E-state index is -0.279. The van der Waals surface area contributed by atoms with Gasteiger partial charge in [0.05, 0.1) is 11.5 Å². The van der Waals surface area contributed by atoms with Gasteiger partial charge in [-0.1, -0.05) is 6.92 Å². The molecule has 0 radical (unpaired) electrons. The fourth-order valence-corrected chi connectivity index (χ4v) is 2.46. The predicted octanol–water partition coefficient (Wildman–Crippen LogP) is 1.10. The molecule has 2 heterocycles. The number of rotatable bonds is 4. The lowest BCUT2D eigenvalue weighted by molar-refractivity contribution is -0.158. The lowest BCUT2D eigenvalue weighted by Crippen LogP contribution is -2.36. The first-order chi connectivity index (χ1) is 7.77. The van der Waals surface area contributed by atoms with Gasteiger partial charge < -0.3 is 14.8 Å². The summed E-state index contributed by atoms with van der Waals surface area (Å²) < 4.78 is 10.8. The van der Waals surface area contributed by atoms with E-state index in [0.29, 0.717) is 6.61 Å². The molecule has 1 N–H and O–H groups in total. The number of carbonyl (C=O) groups excluding carboxylic acids is 1. The third-order valence-electron chi connectivity index (χ3n) is 3.78. The number of ether oxygens (including phenoxy) is 2. The molecule has 2 saturated heterocycles. The molecule has 0 bridgehead atoms. The minimum Gasteiger partial charge on any atom is -0.462 e. The zero-order valence-electron chi connectivity index (χ0n) is 9.96. The van der Waals surface area contributed by atoms with Crippen molar-refractivity contribution in [2.45, 2.75) is 38.7 Å². The average molecular weight is 227 g/mol. The largest absolute Gasteiger partial charge is 0.462 e. The predicted molar refractivity (Wildman–Crippen MR) is 60.1 cm³/mol. The molecule has 0 aromatic rings. The Morgan fingerprint density at radius 1 is 1.62 bits per heavy atom. The van der Waals surface area contributed by atoms with Crippen molar-refractivity contribution in [2.24, 2.45) is 5.41 Å². The summed E-state index contributed by atoms with van der Waals surface area (Å²) in [5, 5.41) is 3.24. The highest BCUT2D eigenvalue weighted by atomic mass is 16.6. The topological polar surface area (TPSA) is 47.6 Å². The van der Waals surface area contributed by atoms with E-state index in [4.69, 9.17) is 9.47 Å². The fourth-order valence-electron chi connectivity index (χ4n) is 2.46. The molecule has 0 amide bonds. The van der Waals surface area contributed by atoms with Gasteiger partial charge in [0.25, 0.3) is 0 Å². The maximum Gasteiger partial charge on any atom is 0.313 e. The van der Waals surface area contributed by atoms with Crippen molar-refractivity contribution in [1.29, 1.82) is 0 Å². The van der Waals surface area contributed by atoms with Gasteiger partial charge in [-0.05, 0) is 32.2 Å². The highest BCUT2D eigenvalue weighted by Crippen LogP contribution is 2.31. The van der Waals surface area contributed by atoms with Gasteiger partial charge in [0.15, 0.2) is 0 Å². The van der Waals surface area contributed by atoms with Crippen LogP contribution in [-0.4, -0.2) is 38.4 Å². The molecular formula is C12H21NO3. The van der Waals surface area contributed by atoms with Crippen LogP contribution in [-0.2, 0) is 14.3 Å². The first kappa shape index (κ1) is 11.9. The van der Waals surface area contributed by atoms with E-state index >= 15 is 0 Å². The van der Waals surface area contributed by atoms with E-state index in [2.05, 4.69) is 12.2 Å². The van der Waals surface area contributed by atoms with Crippen LogP contribution >= 0.6 is 0 Å². The number of carbonyl (C=O) groups is 1. The van der Waals surface area contributed by atoms with Crippen LogP contribution in [0.2, 0.25) is 0 Å². The van der Waals surface area contributed by atoms with Crippen molar-refractivity contribution in [3.8, 4) is 0 Å². The lowest BCUT2D eigenvalue weighted by atomic mass is 9.84. The Hall–Kier alpha value is -0.610. The van der Waals surface area contributed by atoms with Gasteiger partial charge >= 0.3 is 5.97 Å². The van der Waals surface area contributed by atoms with E-state index in [-0.39, 0.29) is 17.5 Å². The Morgan fingerprint density at radius 2 is 2.50 bits per heavy atom. The molecule has 2 fully saturated rings. The molecule has 4 nitrogen and oxygen atoms in total. The Labute approximate surface area is 96.7 Å². The van der Waals surface area contributed by atoms with E-state index in [1.54, 1.807) is 0 Å². The zero-order valence-corrected chi connectivity index (χ0v) is 9.96. The van der Waals surface area contributed by atoms with Crippen molar-refractivity contribution in [3.05, 3.63) is 0 Å². The van der Waals surface area contributed by atoms with Gasteiger partial charge in [-0.3, -0.25) is 4.79 Å². The first-order valence-electron chi connectivity index (χ1n) is 6.26. The standard InChI is InChI=1S/C12H21NO3/c1-2-12(5-6-13-9-12)11(14)16-8-10-4-3-7-15-10/h10,13H,2-9H2,1H3. The van der Waals surface area contributed by atoms with Crippen LogP contribution in [0.25, 0.3) is 0 Å². The number of hydrogen-bond donors (Lipinski definition) is 1. The minimum absolute atomic E-state index is 0.0458. The second-order valence-corrected chi connectivity index (χ2v) is 4.79. The Bertz CT molecular complexity index is 243. The van der Waals surface area contributed by atoms with Gasteiger partial charge in [-0.25, -0.2) is 0 Å². The monoisotopic (exact) mass is 227 g/mol. The maximum atomic E-state index is 12.0. The molecule has 0 aromatic heterocycles. The number of hydrogen-bond acceptors (Lipinski definition) is 4. The highest BCUT2D eigenvalue weighted by Gasteiger charge is 2.41. The second-order valence-electron chi connectivity index (χ2n) is 4.79. The van der Waals surface area contributed by atoms with Crippen molar-refractivity contribution >= 4 is 5.97 Å². The normalized spacial score (nSPS) is 34.2. The highest BCUT2D eigenvalue weighted by molar-refractivity contribution is 5.77. The zero-order chi connectivity index (χ0) is 11.4. The van der Waals surface area contributed by atoms with Crippen molar-refractivity contribution in [1.82, 2.24) is 5.32 Å². The van der Waals surface area contributed by atoms with Crippen LogP contribution in [0.1, 0.15) is 32.6 Å². The fraction of sp³-hybridized carbons (Fsp3) is 0.917. The van der Waals surface area contributed by atoms with Crippen LogP contribution in [0.4, 0.5) is 0 Å². The molecule has 2 aliphatic heterocycles. The summed E-state index contributed by atoms with van der Waals surface area (Å²) in [5.41, 5.74) is -0.279. The Balaban J connectivity index is 1.81. The van der Waals surface area contributed by atoms with Gasteiger partial charge in [0.1, 0.15) is 6.61 Å². The summed E-state index contributed by atoms with van der Waals surface area (Å²) in [6, 6.07) is 0. The second kappa shape index (κ2) is 5.15. The average Bonchev–Trinajstić information content (AvgIpc) is 2.97. The van der Waals surface area contributed by atoms with Crippen molar-refractivity contribution < 1.29 is 14.3 Å². The number of esters is 1. The summed E-state index contributed by atoms with van der Waals surface area (Å²) in [4.78, 5) is 12.0. The Morgan fingerprint density at radius 3 is 3.06 bits per heavy atom. The van der Waals surface area contributed by atoms with Crippen LogP contribution in [0.3, 0.4) is 0 Å². The summed E-state index contributed by atoms with van der Waals surface area (Å²) in [6.45, 7) is 4.97. The molecular weight excluding hydrogens is 206 g/mol. The third-order valence-corrected chi connectivity index (χ3v) is 3.78. The first-order valence-corrected chi connectivity index (χ1v) is 6.26. The molecule has 2 unspecified atom stereocenters. The summed E-state index contributed by atoms with van der Waals surface area (Å²) in [6.07, 6.45) is 3.98.